The average molecular weight is 346 g/mol. The fraction of sp³-hybridized carbons (Fsp3) is 0.600. The highest BCUT2D eigenvalue weighted by atomic mass is 16.5. The molecule has 1 aliphatic rings. The lowest BCUT2D eigenvalue weighted by Crippen LogP contribution is -2.50. The van der Waals surface area contributed by atoms with Crippen LogP contribution in [-0.4, -0.2) is 54.9 Å². The number of ether oxygens (including phenoxy) is 1. The zero-order valence-corrected chi connectivity index (χ0v) is 15.9. The Kier molecular flexibility index (Phi) is 6.85. The monoisotopic (exact) mass is 346 g/mol. The number of rotatable bonds is 6. The van der Waals surface area contributed by atoms with Crippen molar-refractivity contribution in [3.8, 4) is 5.75 Å². The van der Waals surface area contributed by atoms with Crippen molar-refractivity contribution >= 4 is 11.8 Å². The van der Waals surface area contributed by atoms with Crippen molar-refractivity contribution in [1.29, 1.82) is 0 Å². The van der Waals surface area contributed by atoms with Crippen LogP contribution in [0.3, 0.4) is 0 Å². The van der Waals surface area contributed by atoms with Gasteiger partial charge in [-0.15, -0.1) is 0 Å². The van der Waals surface area contributed by atoms with Crippen molar-refractivity contribution in [2.75, 3.05) is 33.3 Å². The number of carbonyl (C=O) groups is 2. The van der Waals surface area contributed by atoms with Crippen LogP contribution >= 0.6 is 0 Å². The Bertz CT molecular complexity index is 605. The summed E-state index contributed by atoms with van der Waals surface area (Å²) in [6.07, 6.45) is 1.79. The molecule has 1 fully saturated rings. The summed E-state index contributed by atoms with van der Waals surface area (Å²) in [6.45, 7) is 8.77. The van der Waals surface area contributed by atoms with Crippen LogP contribution in [0.1, 0.15) is 50.7 Å². The molecule has 0 saturated carbocycles. The molecular formula is C20H30N2O3. The number of nitrogens with zero attached hydrogens (tertiary/aromatic N) is 2. The van der Waals surface area contributed by atoms with E-state index in [0.29, 0.717) is 44.9 Å². The summed E-state index contributed by atoms with van der Waals surface area (Å²) in [6, 6.07) is 6.08. The Hall–Kier alpha value is -2.04. The Balaban J connectivity index is 1.96. The van der Waals surface area contributed by atoms with Gasteiger partial charge in [0.15, 0.2) is 0 Å². The molecule has 2 amide bonds. The molecular weight excluding hydrogens is 316 g/mol. The van der Waals surface area contributed by atoms with Crippen LogP contribution in [0.2, 0.25) is 0 Å². The van der Waals surface area contributed by atoms with E-state index in [1.165, 1.54) is 5.56 Å². The Morgan fingerprint density at radius 2 is 1.68 bits per heavy atom. The number of carbonyl (C=O) groups excluding carboxylic acids is 2. The second-order valence-electron chi connectivity index (χ2n) is 6.91. The molecule has 1 saturated heterocycles. The fourth-order valence-electron chi connectivity index (χ4n) is 3.12. The van der Waals surface area contributed by atoms with Crippen LogP contribution in [0.25, 0.3) is 0 Å². The zero-order chi connectivity index (χ0) is 18.4. The van der Waals surface area contributed by atoms with Gasteiger partial charge in [0, 0.05) is 38.2 Å². The van der Waals surface area contributed by atoms with Gasteiger partial charge in [-0.25, -0.2) is 0 Å². The van der Waals surface area contributed by atoms with E-state index in [0.717, 1.165) is 17.7 Å². The zero-order valence-electron chi connectivity index (χ0n) is 15.9. The molecule has 0 spiro atoms. The minimum atomic E-state index is 0.0955. The molecule has 138 valence electrons. The maximum absolute atomic E-state index is 12.6. The van der Waals surface area contributed by atoms with E-state index in [-0.39, 0.29) is 11.8 Å². The molecule has 0 atom stereocenters. The number of piperazine rings is 1. The normalized spacial score (nSPS) is 14.8. The third-order valence-corrected chi connectivity index (χ3v) is 4.77. The van der Waals surface area contributed by atoms with Gasteiger partial charge >= 0.3 is 0 Å². The third kappa shape index (κ3) is 4.97. The van der Waals surface area contributed by atoms with Gasteiger partial charge in [-0.05, 0) is 24.0 Å². The third-order valence-electron chi connectivity index (χ3n) is 4.77. The lowest BCUT2D eigenvalue weighted by Gasteiger charge is -2.35. The summed E-state index contributed by atoms with van der Waals surface area (Å²) in [5.74, 6) is 1.49. The van der Waals surface area contributed by atoms with Gasteiger partial charge in [-0.3, -0.25) is 9.59 Å². The molecule has 1 heterocycles. The highest BCUT2D eigenvalue weighted by Gasteiger charge is 2.24. The molecule has 1 aromatic carbocycles. The molecule has 1 aliphatic heterocycles. The van der Waals surface area contributed by atoms with E-state index < -0.39 is 0 Å². The first-order valence-corrected chi connectivity index (χ1v) is 9.18. The lowest BCUT2D eigenvalue weighted by molar-refractivity contribution is -0.139. The van der Waals surface area contributed by atoms with E-state index in [2.05, 4.69) is 19.9 Å². The molecule has 5 nitrogen and oxygen atoms in total. The Morgan fingerprint density at radius 1 is 1.08 bits per heavy atom. The van der Waals surface area contributed by atoms with Crippen molar-refractivity contribution in [1.82, 2.24) is 9.80 Å². The van der Waals surface area contributed by atoms with Crippen LogP contribution in [0.5, 0.6) is 5.75 Å². The molecule has 0 aliphatic carbocycles. The second kappa shape index (κ2) is 8.88. The molecule has 1 aromatic rings. The maximum atomic E-state index is 12.6. The van der Waals surface area contributed by atoms with Crippen molar-refractivity contribution < 1.29 is 14.3 Å². The first-order valence-electron chi connectivity index (χ1n) is 9.18. The number of methoxy groups -OCH3 is 1. The predicted molar refractivity (Wildman–Crippen MR) is 98.9 cm³/mol. The first kappa shape index (κ1) is 19.3. The molecule has 0 unspecified atom stereocenters. The highest BCUT2D eigenvalue weighted by molar-refractivity contribution is 5.80. The smallest absolute Gasteiger partial charge is 0.227 e. The average Bonchev–Trinajstić information content (AvgIpc) is 2.62. The highest BCUT2D eigenvalue weighted by Crippen LogP contribution is 2.25. The fourth-order valence-corrected chi connectivity index (χ4v) is 3.12. The van der Waals surface area contributed by atoms with Crippen LogP contribution in [0, 0.1) is 0 Å². The van der Waals surface area contributed by atoms with Crippen LogP contribution in [-0.2, 0) is 16.0 Å². The van der Waals surface area contributed by atoms with Gasteiger partial charge in [0.25, 0.3) is 0 Å². The molecule has 5 heteroatoms. The summed E-state index contributed by atoms with van der Waals surface area (Å²) < 4.78 is 5.48. The standard InChI is InChI=1S/C20H30N2O3/c1-5-6-19(23)21-9-11-22(12-10-21)20(24)14-17-8-7-16(15(2)3)13-18(17)25-4/h7-8,13,15H,5-6,9-12,14H2,1-4H3. The number of hydrogen-bond donors (Lipinski definition) is 0. The maximum Gasteiger partial charge on any atom is 0.227 e. The van der Waals surface area contributed by atoms with E-state index >= 15 is 0 Å². The molecule has 0 aromatic heterocycles. The Labute approximate surface area is 150 Å². The summed E-state index contributed by atoms with van der Waals surface area (Å²) in [7, 11) is 1.64. The first-order chi connectivity index (χ1) is 12.0. The number of benzene rings is 1. The lowest BCUT2D eigenvalue weighted by atomic mass is 9.99. The minimum Gasteiger partial charge on any atom is -0.496 e. The largest absolute Gasteiger partial charge is 0.496 e. The van der Waals surface area contributed by atoms with Gasteiger partial charge in [0.05, 0.1) is 13.5 Å². The molecule has 0 radical (unpaired) electrons. The summed E-state index contributed by atoms with van der Waals surface area (Å²) in [4.78, 5) is 28.3. The van der Waals surface area contributed by atoms with Crippen molar-refractivity contribution in [2.24, 2.45) is 0 Å². The van der Waals surface area contributed by atoms with E-state index in [1.54, 1.807) is 7.11 Å². The quantitative estimate of drug-likeness (QED) is 0.796. The molecule has 0 N–H and O–H groups in total. The van der Waals surface area contributed by atoms with Crippen LogP contribution < -0.4 is 4.74 Å². The van der Waals surface area contributed by atoms with Crippen molar-refractivity contribution in [3.05, 3.63) is 29.3 Å². The number of hydrogen-bond acceptors (Lipinski definition) is 3. The molecule has 2 rings (SSSR count). The van der Waals surface area contributed by atoms with Crippen LogP contribution in [0.4, 0.5) is 0 Å². The number of amides is 2. The summed E-state index contributed by atoms with van der Waals surface area (Å²) in [5, 5.41) is 0. The predicted octanol–water partition coefficient (Wildman–Crippen LogP) is 2.83. The topological polar surface area (TPSA) is 49.9 Å². The summed E-state index contributed by atoms with van der Waals surface area (Å²) >= 11 is 0. The van der Waals surface area contributed by atoms with Gasteiger partial charge in [-0.2, -0.15) is 0 Å². The van der Waals surface area contributed by atoms with E-state index in [9.17, 15) is 9.59 Å². The van der Waals surface area contributed by atoms with E-state index in [4.69, 9.17) is 4.74 Å². The molecule has 25 heavy (non-hydrogen) atoms. The van der Waals surface area contributed by atoms with Gasteiger partial charge < -0.3 is 14.5 Å². The summed E-state index contributed by atoms with van der Waals surface area (Å²) in [5.41, 5.74) is 2.12. The Morgan fingerprint density at radius 3 is 2.20 bits per heavy atom. The van der Waals surface area contributed by atoms with Crippen LogP contribution in [0.15, 0.2) is 18.2 Å². The van der Waals surface area contributed by atoms with Crippen molar-refractivity contribution in [3.63, 3.8) is 0 Å². The van der Waals surface area contributed by atoms with Gasteiger partial charge in [0.2, 0.25) is 11.8 Å². The van der Waals surface area contributed by atoms with Gasteiger partial charge in [0.1, 0.15) is 5.75 Å². The SMILES string of the molecule is CCCC(=O)N1CCN(C(=O)Cc2ccc(C(C)C)cc2OC)CC1. The van der Waals surface area contributed by atoms with Crippen molar-refractivity contribution in [2.45, 2.75) is 46.0 Å². The van der Waals surface area contributed by atoms with Gasteiger partial charge in [-0.1, -0.05) is 32.9 Å². The second-order valence-corrected chi connectivity index (χ2v) is 6.91. The minimum absolute atomic E-state index is 0.0955. The van der Waals surface area contributed by atoms with E-state index in [1.807, 2.05) is 28.9 Å². The molecule has 0 bridgehead atoms.